The number of hydrogen-bond acceptors (Lipinski definition) is 5. The van der Waals surface area contributed by atoms with Crippen molar-refractivity contribution in [1.82, 2.24) is 14.5 Å². The summed E-state index contributed by atoms with van der Waals surface area (Å²) < 4.78 is 67.9. The number of amides is 3. The molecule has 2 unspecified atom stereocenters. The molecule has 3 aromatic carbocycles. The quantitative estimate of drug-likeness (QED) is 0.377. The first-order valence-electron chi connectivity index (χ1n) is 11.8. The molecule has 3 amide bonds. The average molecular weight is 577 g/mol. The average Bonchev–Trinajstić information content (AvgIpc) is 3.37. The van der Waals surface area contributed by atoms with Crippen LogP contribution in [0.4, 0.5) is 23.7 Å². The monoisotopic (exact) mass is 576 g/mol. The molecule has 3 N–H and O–H groups in total. The minimum atomic E-state index is -4.45. The Morgan fingerprint density at radius 1 is 0.850 bits per heavy atom. The molecule has 14 heteroatoms. The molecule has 3 aromatic rings. The SMILES string of the molecule is O=C(O)CC(NC(=O)C1N(C(=O)Nc2ccc(F)cc2)CCN1S(=O)(=O)c1ccc(F)cc1)c1ccc(F)cc1. The summed E-state index contributed by atoms with van der Waals surface area (Å²) in [5.74, 6) is -4.18. The highest BCUT2D eigenvalue weighted by atomic mass is 32.2. The Balaban J connectivity index is 1.68. The molecular formula is C26H23F3N4O6S. The van der Waals surface area contributed by atoms with E-state index in [-0.39, 0.29) is 29.2 Å². The number of carbonyl (C=O) groups is 3. The van der Waals surface area contributed by atoms with E-state index in [9.17, 15) is 41.1 Å². The van der Waals surface area contributed by atoms with Crippen molar-refractivity contribution in [1.29, 1.82) is 0 Å². The van der Waals surface area contributed by atoms with Crippen LogP contribution in [0.2, 0.25) is 0 Å². The molecule has 1 heterocycles. The predicted octanol–water partition coefficient (Wildman–Crippen LogP) is 3.30. The van der Waals surface area contributed by atoms with Crippen LogP contribution in [-0.4, -0.2) is 59.9 Å². The Morgan fingerprint density at radius 3 is 1.93 bits per heavy atom. The van der Waals surface area contributed by atoms with Gasteiger partial charge in [-0.25, -0.2) is 26.4 Å². The second-order valence-corrected chi connectivity index (χ2v) is 10.7. The highest BCUT2D eigenvalue weighted by Crippen LogP contribution is 2.27. The zero-order valence-corrected chi connectivity index (χ0v) is 21.4. The topological polar surface area (TPSA) is 136 Å². The minimum absolute atomic E-state index is 0.167. The number of urea groups is 1. The predicted molar refractivity (Wildman–Crippen MR) is 136 cm³/mol. The van der Waals surface area contributed by atoms with Gasteiger partial charge in [0, 0.05) is 18.8 Å². The number of carboxylic acids is 1. The molecule has 1 saturated heterocycles. The van der Waals surface area contributed by atoms with Gasteiger partial charge < -0.3 is 15.7 Å². The van der Waals surface area contributed by atoms with Gasteiger partial charge >= 0.3 is 12.0 Å². The number of aliphatic carboxylic acids is 1. The first kappa shape index (κ1) is 28.6. The van der Waals surface area contributed by atoms with Crippen LogP contribution in [0.1, 0.15) is 18.0 Å². The third-order valence-electron chi connectivity index (χ3n) is 6.11. The van der Waals surface area contributed by atoms with Gasteiger partial charge in [-0.3, -0.25) is 14.5 Å². The van der Waals surface area contributed by atoms with Crippen LogP contribution in [-0.2, 0) is 19.6 Å². The molecule has 210 valence electrons. The minimum Gasteiger partial charge on any atom is -0.481 e. The summed E-state index contributed by atoms with van der Waals surface area (Å²) >= 11 is 0. The number of nitrogens with one attached hydrogen (secondary N) is 2. The number of carboxylic acid groups (broad SMARTS) is 1. The zero-order chi connectivity index (χ0) is 29.0. The van der Waals surface area contributed by atoms with E-state index in [1.165, 1.54) is 24.3 Å². The van der Waals surface area contributed by atoms with Gasteiger partial charge in [0.25, 0.3) is 5.91 Å². The third-order valence-corrected chi connectivity index (χ3v) is 7.98. The molecule has 1 aliphatic rings. The normalized spacial score (nSPS) is 16.4. The summed E-state index contributed by atoms with van der Waals surface area (Å²) in [5.41, 5.74) is 0.394. The standard InChI is InChI=1S/C26H23F3N4O6S/c27-17-3-1-16(2-4-17)22(15-23(34)35)31-24(36)25-32(26(37)30-20-9-5-18(28)6-10-20)13-14-33(25)40(38,39)21-11-7-19(29)8-12-21/h1-12,22,25H,13-15H2,(H,30,37)(H,31,36)(H,34,35). The van der Waals surface area contributed by atoms with E-state index in [0.717, 1.165) is 57.7 Å². The highest BCUT2D eigenvalue weighted by Gasteiger charge is 2.47. The first-order valence-corrected chi connectivity index (χ1v) is 13.3. The number of sulfonamides is 1. The van der Waals surface area contributed by atoms with Gasteiger partial charge in [0.1, 0.15) is 17.5 Å². The third kappa shape index (κ3) is 6.40. The summed E-state index contributed by atoms with van der Waals surface area (Å²) in [7, 11) is -4.45. The lowest BCUT2D eigenvalue weighted by atomic mass is 10.0. The smallest absolute Gasteiger partial charge is 0.323 e. The first-order chi connectivity index (χ1) is 19.0. The van der Waals surface area contributed by atoms with E-state index in [0.29, 0.717) is 0 Å². The molecular weight excluding hydrogens is 553 g/mol. The maximum atomic E-state index is 13.6. The summed E-state index contributed by atoms with van der Waals surface area (Å²) in [5, 5.41) is 14.3. The Bertz CT molecular complexity index is 1500. The zero-order valence-electron chi connectivity index (χ0n) is 20.6. The Kier molecular flexibility index (Phi) is 8.40. The van der Waals surface area contributed by atoms with Gasteiger partial charge in [0.15, 0.2) is 6.17 Å². The number of anilines is 1. The molecule has 10 nitrogen and oxygen atoms in total. The van der Waals surface area contributed by atoms with E-state index in [1.807, 2.05) is 0 Å². The van der Waals surface area contributed by atoms with E-state index >= 15 is 0 Å². The molecule has 40 heavy (non-hydrogen) atoms. The summed E-state index contributed by atoms with van der Waals surface area (Å²) in [6.45, 7) is -0.569. The molecule has 0 aliphatic carbocycles. The lowest BCUT2D eigenvalue weighted by molar-refractivity contribution is -0.138. The number of hydrogen-bond donors (Lipinski definition) is 3. The molecule has 1 fully saturated rings. The summed E-state index contributed by atoms with van der Waals surface area (Å²) in [6.07, 6.45) is -2.41. The van der Waals surface area contributed by atoms with E-state index in [4.69, 9.17) is 0 Å². The van der Waals surface area contributed by atoms with Crippen LogP contribution in [0.5, 0.6) is 0 Å². The number of rotatable bonds is 8. The van der Waals surface area contributed by atoms with Crippen LogP contribution in [0.15, 0.2) is 77.7 Å². The lowest BCUT2D eigenvalue weighted by Crippen LogP contribution is -2.55. The van der Waals surface area contributed by atoms with Gasteiger partial charge in [-0.2, -0.15) is 4.31 Å². The van der Waals surface area contributed by atoms with Crippen molar-refractivity contribution in [3.63, 3.8) is 0 Å². The second kappa shape index (κ2) is 11.8. The maximum absolute atomic E-state index is 13.6. The van der Waals surface area contributed by atoms with Crippen molar-refractivity contribution >= 4 is 33.6 Å². The largest absolute Gasteiger partial charge is 0.481 e. The number of nitrogens with zero attached hydrogens (tertiary/aromatic N) is 2. The van der Waals surface area contributed by atoms with E-state index in [2.05, 4.69) is 10.6 Å². The lowest BCUT2D eigenvalue weighted by Gasteiger charge is -2.30. The van der Waals surface area contributed by atoms with Crippen molar-refractivity contribution in [3.05, 3.63) is 95.8 Å². The molecule has 1 aliphatic heterocycles. The van der Waals surface area contributed by atoms with E-state index < -0.39 is 64.0 Å². The van der Waals surface area contributed by atoms with Gasteiger partial charge in [-0.1, -0.05) is 12.1 Å². The fourth-order valence-corrected chi connectivity index (χ4v) is 5.73. The van der Waals surface area contributed by atoms with Crippen LogP contribution in [0.3, 0.4) is 0 Å². The summed E-state index contributed by atoms with van der Waals surface area (Å²) in [6, 6.07) is 11.2. The van der Waals surface area contributed by atoms with Gasteiger partial charge in [-0.05, 0) is 66.2 Å². The Hall–Kier alpha value is -4.43. The van der Waals surface area contributed by atoms with Crippen LogP contribution in [0.25, 0.3) is 0 Å². The Morgan fingerprint density at radius 2 is 1.38 bits per heavy atom. The van der Waals surface area contributed by atoms with Crippen molar-refractivity contribution in [2.45, 2.75) is 23.5 Å². The van der Waals surface area contributed by atoms with Crippen molar-refractivity contribution in [3.8, 4) is 0 Å². The second-order valence-electron chi connectivity index (χ2n) is 8.78. The fraction of sp³-hybridized carbons (Fsp3) is 0.192. The molecule has 0 bridgehead atoms. The van der Waals surface area contributed by atoms with Crippen molar-refractivity contribution in [2.75, 3.05) is 18.4 Å². The van der Waals surface area contributed by atoms with Gasteiger partial charge in [-0.15, -0.1) is 0 Å². The van der Waals surface area contributed by atoms with Crippen LogP contribution < -0.4 is 10.6 Å². The van der Waals surface area contributed by atoms with Gasteiger partial charge in [0.05, 0.1) is 17.4 Å². The molecule has 4 rings (SSSR count). The fourth-order valence-electron chi connectivity index (χ4n) is 4.18. The number of carbonyl (C=O) groups excluding carboxylic acids is 2. The van der Waals surface area contributed by atoms with Crippen LogP contribution >= 0.6 is 0 Å². The van der Waals surface area contributed by atoms with Crippen LogP contribution in [0, 0.1) is 17.5 Å². The Labute approximate surface area is 227 Å². The molecule has 0 radical (unpaired) electrons. The number of halogens is 3. The number of benzene rings is 3. The molecule has 2 atom stereocenters. The van der Waals surface area contributed by atoms with E-state index in [1.54, 1.807) is 0 Å². The summed E-state index contributed by atoms with van der Waals surface area (Å²) in [4.78, 5) is 38.9. The molecule has 0 spiro atoms. The molecule has 0 saturated carbocycles. The maximum Gasteiger partial charge on any atom is 0.323 e. The van der Waals surface area contributed by atoms with Crippen molar-refractivity contribution < 1.29 is 41.1 Å². The highest BCUT2D eigenvalue weighted by molar-refractivity contribution is 7.89. The van der Waals surface area contributed by atoms with Crippen molar-refractivity contribution in [2.24, 2.45) is 0 Å². The molecule has 0 aromatic heterocycles. The van der Waals surface area contributed by atoms with Gasteiger partial charge in [0.2, 0.25) is 10.0 Å².